The number of aromatic hydroxyl groups is 1. The van der Waals surface area contributed by atoms with Gasteiger partial charge in [0.15, 0.2) is 4.34 Å². The minimum absolute atomic E-state index is 0.0507. The van der Waals surface area contributed by atoms with E-state index in [0.717, 1.165) is 9.35 Å². The number of fused-ring (bicyclic) bond motifs is 1. The predicted octanol–water partition coefficient (Wildman–Crippen LogP) is 1.74. The number of carbonyl (C=O) groups is 3. The number of carbonyl (C=O) groups excluding carboxylic acids is 2. The number of hydrogen-bond acceptors (Lipinski definition) is 10. The van der Waals surface area contributed by atoms with Gasteiger partial charge in [-0.05, 0) is 30.2 Å². The summed E-state index contributed by atoms with van der Waals surface area (Å²) in [5.74, 6) is -1.69. The van der Waals surface area contributed by atoms with Gasteiger partial charge in [-0.15, -0.1) is 22.0 Å². The van der Waals surface area contributed by atoms with E-state index in [9.17, 15) is 24.6 Å². The average molecular weight is 528 g/mol. The number of carboxylic acids is 1. The van der Waals surface area contributed by atoms with E-state index in [2.05, 4.69) is 15.5 Å². The number of benzene rings is 1. The molecule has 2 aliphatic rings. The molecule has 2 aromatic rings. The fourth-order valence-electron chi connectivity index (χ4n) is 3.39. The number of halogens is 1. The summed E-state index contributed by atoms with van der Waals surface area (Å²) >= 11 is 10.0. The summed E-state index contributed by atoms with van der Waals surface area (Å²) in [6, 6.07) is 2.15. The highest BCUT2D eigenvalue weighted by atomic mass is 35.5. The summed E-state index contributed by atoms with van der Waals surface area (Å²) in [5.41, 5.74) is 6.91. The Hall–Kier alpha value is -2.32. The largest absolute Gasteiger partial charge is 0.506 e. The maximum Gasteiger partial charge on any atom is 0.352 e. The molecule has 10 nitrogen and oxygen atoms in total. The number of nitrogens with one attached hydrogen (secondary N) is 1. The van der Waals surface area contributed by atoms with Crippen LogP contribution in [0.2, 0.25) is 5.02 Å². The Morgan fingerprint density at radius 1 is 1.42 bits per heavy atom. The van der Waals surface area contributed by atoms with Crippen LogP contribution in [0.25, 0.3) is 0 Å². The third-order valence-corrected chi connectivity index (χ3v) is 8.74. The second-order valence-corrected chi connectivity index (χ2v) is 11.1. The molecule has 1 saturated heterocycles. The predicted molar refractivity (Wildman–Crippen MR) is 125 cm³/mol. The van der Waals surface area contributed by atoms with Gasteiger partial charge in [0, 0.05) is 11.5 Å². The number of aliphatic carboxylic acids is 1. The van der Waals surface area contributed by atoms with E-state index in [4.69, 9.17) is 17.3 Å². The maximum absolute atomic E-state index is 12.8. The Labute approximate surface area is 205 Å². The topological polar surface area (TPSA) is 159 Å². The van der Waals surface area contributed by atoms with Gasteiger partial charge in [-0.3, -0.25) is 14.5 Å². The van der Waals surface area contributed by atoms with Gasteiger partial charge in [0.1, 0.15) is 33.9 Å². The first-order valence-corrected chi connectivity index (χ1v) is 12.8. The number of aromatic nitrogens is 2. The SMILES string of the molecule is Cc1nnc(SCC2=C(C(=O)O)N3C(=O)C(NC(=O)C(N)c4ccc(O)c(Cl)c4)[C@@H]3SC2)s1. The van der Waals surface area contributed by atoms with Crippen molar-refractivity contribution in [3.63, 3.8) is 0 Å². The minimum Gasteiger partial charge on any atom is -0.506 e. The fraction of sp³-hybridized carbons (Fsp3) is 0.316. The molecule has 0 bridgehead atoms. The summed E-state index contributed by atoms with van der Waals surface area (Å²) in [5, 5.41) is 30.2. The van der Waals surface area contributed by atoms with Gasteiger partial charge < -0.3 is 21.3 Å². The van der Waals surface area contributed by atoms with Gasteiger partial charge in [0.2, 0.25) is 5.91 Å². The zero-order chi connectivity index (χ0) is 23.9. The number of amides is 2. The number of carboxylic acid groups (broad SMARTS) is 1. The van der Waals surface area contributed by atoms with Crippen LogP contribution >= 0.6 is 46.5 Å². The van der Waals surface area contributed by atoms with Crippen molar-refractivity contribution >= 4 is 64.2 Å². The molecule has 174 valence electrons. The quantitative estimate of drug-likeness (QED) is 0.308. The van der Waals surface area contributed by atoms with Gasteiger partial charge >= 0.3 is 5.97 Å². The Morgan fingerprint density at radius 3 is 2.82 bits per heavy atom. The molecule has 0 radical (unpaired) electrons. The monoisotopic (exact) mass is 527 g/mol. The van der Waals surface area contributed by atoms with Crippen LogP contribution in [-0.2, 0) is 14.4 Å². The molecule has 1 fully saturated rings. The molecule has 4 rings (SSSR count). The molecule has 3 heterocycles. The zero-order valence-electron chi connectivity index (χ0n) is 17.0. The molecule has 2 unspecified atom stereocenters. The van der Waals surface area contributed by atoms with Gasteiger partial charge in [0.05, 0.1) is 5.02 Å². The molecule has 2 aliphatic heterocycles. The summed E-state index contributed by atoms with van der Waals surface area (Å²) in [7, 11) is 0. The lowest BCUT2D eigenvalue weighted by atomic mass is 10.0. The van der Waals surface area contributed by atoms with Crippen LogP contribution in [0.15, 0.2) is 33.8 Å². The Bertz CT molecular complexity index is 1170. The first-order chi connectivity index (χ1) is 15.7. The molecule has 0 aliphatic carbocycles. The highest BCUT2D eigenvalue weighted by Crippen LogP contribution is 2.42. The van der Waals surface area contributed by atoms with E-state index >= 15 is 0 Å². The van der Waals surface area contributed by atoms with Crippen molar-refractivity contribution in [2.75, 3.05) is 11.5 Å². The van der Waals surface area contributed by atoms with Gasteiger partial charge in [-0.1, -0.05) is 40.8 Å². The van der Waals surface area contributed by atoms with Crippen LogP contribution < -0.4 is 11.1 Å². The first-order valence-electron chi connectivity index (χ1n) is 9.54. The van der Waals surface area contributed by atoms with Crippen LogP contribution in [0.1, 0.15) is 16.6 Å². The lowest BCUT2D eigenvalue weighted by Crippen LogP contribution is -2.71. The number of β-lactam (4-membered cyclic amide) rings is 1. The Balaban J connectivity index is 1.45. The smallest absolute Gasteiger partial charge is 0.352 e. The summed E-state index contributed by atoms with van der Waals surface area (Å²) < 4.78 is 0.722. The zero-order valence-corrected chi connectivity index (χ0v) is 20.2. The van der Waals surface area contributed by atoms with Gasteiger partial charge in [0.25, 0.3) is 5.91 Å². The van der Waals surface area contributed by atoms with E-state index in [1.807, 2.05) is 6.92 Å². The van der Waals surface area contributed by atoms with Crippen molar-refractivity contribution in [3.05, 3.63) is 45.1 Å². The Morgan fingerprint density at radius 2 is 2.18 bits per heavy atom. The van der Waals surface area contributed by atoms with Crippen LogP contribution in [0.3, 0.4) is 0 Å². The van der Waals surface area contributed by atoms with Gasteiger partial charge in [-0.2, -0.15) is 0 Å². The number of hydrogen-bond donors (Lipinski definition) is 4. The van der Waals surface area contributed by atoms with Crippen LogP contribution in [0.4, 0.5) is 0 Å². The lowest BCUT2D eigenvalue weighted by molar-refractivity contribution is -0.150. The molecule has 0 spiro atoms. The van der Waals surface area contributed by atoms with Crippen LogP contribution in [0, 0.1) is 6.92 Å². The summed E-state index contributed by atoms with van der Waals surface area (Å²) in [4.78, 5) is 38.6. The molecule has 5 N–H and O–H groups in total. The molecule has 1 aromatic heterocycles. The first kappa shape index (κ1) is 23.8. The third kappa shape index (κ3) is 4.68. The third-order valence-electron chi connectivity index (χ3n) is 5.04. The van der Waals surface area contributed by atoms with Crippen LogP contribution in [0.5, 0.6) is 5.75 Å². The Kier molecular flexibility index (Phi) is 6.86. The molecular formula is C19H18ClN5O5S3. The molecule has 1 aromatic carbocycles. The number of phenolic OH excluding ortho intramolecular Hbond substituents is 1. The van der Waals surface area contributed by atoms with E-state index < -0.39 is 35.2 Å². The van der Waals surface area contributed by atoms with E-state index in [0.29, 0.717) is 22.6 Å². The molecule has 14 heteroatoms. The molecule has 2 amide bonds. The normalized spacial score (nSPS) is 20.8. The number of thioether (sulfide) groups is 2. The molecular weight excluding hydrogens is 510 g/mol. The molecule has 3 atom stereocenters. The van der Waals surface area contributed by atoms with Crippen molar-refractivity contribution in [3.8, 4) is 5.75 Å². The van der Waals surface area contributed by atoms with Crippen molar-refractivity contribution in [2.45, 2.75) is 28.7 Å². The summed E-state index contributed by atoms with van der Waals surface area (Å²) in [6.07, 6.45) is 0. The van der Waals surface area contributed by atoms with Crippen molar-refractivity contribution < 1.29 is 24.6 Å². The number of phenols is 1. The fourth-order valence-corrected chi connectivity index (χ4v) is 6.88. The number of rotatable bonds is 7. The van der Waals surface area contributed by atoms with E-state index in [-0.39, 0.29) is 16.5 Å². The highest BCUT2D eigenvalue weighted by molar-refractivity contribution is 8.01. The second-order valence-electron chi connectivity index (χ2n) is 7.22. The van der Waals surface area contributed by atoms with E-state index in [1.54, 1.807) is 0 Å². The summed E-state index contributed by atoms with van der Waals surface area (Å²) in [6.45, 7) is 1.83. The number of aryl methyl sites for hydroxylation is 1. The molecule has 33 heavy (non-hydrogen) atoms. The molecule has 0 saturated carbocycles. The highest BCUT2D eigenvalue weighted by Gasteiger charge is 2.54. The average Bonchev–Trinajstić information content (AvgIpc) is 3.21. The number of nitrogens with two attached hydrogens (primary N) is 1. The van der Waals surface area contributed by atoms with E-state index in [1.165, 1.54) is 58.0 Å². The van der Waals surface area contributed by atoms with Crippen molar-refractivity contribution in [1.82, 2.24) is 20.4 Å². The second kappa shape index (κ2) is 9.50. The number of nitrogens with zero attached hydrogens (tertiary/aromatic N) is 3. The lowest BCUT2D eigenvalue weighted by Gasteiger charge is -2.49. The standard InChI is InChI=1S/C19H18ClN5O5S3/c1-7-23-24-19(33-7)32-6-9-5-31-17-13(16(28)25(17)14(9)18(29)30)22-15(27)12(21)8-2-3-11(26)10(20)4-8/h2-4,12-13,17,26H,5-6,21H2,1H3,(H,22,27)(H,29,30)/t12?,13?,17-/m0/s1. The van der Waals surface area contributed by atoms with Crippen molar-refractivity contribution in [2.24, 2.45) is 5.73 Å². The minimum atomic E-state index is -1.20. The van der Waals surface area contributed by atoms with Gasteiger partial charge in [-0.25, -0.2) is 4.79 Å². The maximum atomic E-state index is 12.8. The van der Waals surface area contributed by atoms with Crippen molar-refractivity contribution in [1.29, 1.82) is 0 Å². The van der Waals surface area contributed by atoms with Crippen LogP contribution in [-0.4, -0.2) is 66.0 Å².